The molecule has 0 radical (unpaired) electrons. The number of pyridine rings is 1. The first-order chi connectivity index (χ1) is 11.6. The smallest absolute Gasteiger partial charge is 0.352 e. The number of rotatable bonds is 3. The molecule has 2 heterocycles. The van der Waals surface area contributed by atoms with Crippen molar-refractivity contribution in [1.29, 1.82) is 0 Å². The predicted octanol–water partition coefficient (Wildman–Crippen LogP) is 4.46. The monoisotopic (exact) mass is 355 g/mol. The van der Waals surface area contributed by atoms with Crippen molar-refractivity contribution in [2.75, 3.05) is 6.26 Å². The Hall–Kier alpha value is -2.31. The normalized spacial score (nSPS) is 11.5. The molecule has 4 rings (SSSR count). The highest BCUT2D eigenvalue weighted by molar-refractivity contribution is 7.97. The van der Waals surface area contributed by atoms with Gasteiger partial charge in [-0.2, -0.15) is 11.8 Å². The summed E-state index contributed by atoms with van der Waals surface area (Å²) < 4.78 is 2.22. The molecule has 6 heteroatoms. The third-order valence-corrected chi connectivity index (χ3v) is 5.79. The van der Waals surface area contributed by atoms with Gasteiger partial charge in [0, 0.05) is 37.4 Å². The van der Waals surface area contributed by atoms with E-state index in [2.05, 4.69) is 17.1 Å². The fourth-order valence-corrected chi connectivity index (χ4v) is 4.84. The molecule has 0 bridgehead atoms. The van der Waals surface area contributed by atoms with Crippen LogP contribution in [0.15, 0.2) is 41.2 Å². The van der Waals surface area contributed by atoms with Gasteiger partial charge in [-0.05, 0) is 24.0 Å². The number of aromatic nitrogens is 1. The van der Waals surface area contributed by atoms with Gasteiger partial charge in [-0.1, -0.05) is 18.2 Å². The minimum atomic E-state index is -1.13. The quantitative estimate of drug-likeness (QED) is 0.569. The number of H-pyrrole nitrogens is 1. The summed E-state index contributed by atoms with van der Waals surface area (Å²) >= 11 is 3.31. The number of thiophene rings is 1. The standard InChI is InChI=1S/C18H13NO3S2/c1-23-8-11-16-9-4-2-3-5-14(9)24-15(16)6-10-13(20)7-12(18(21)22)19-17(10)11/h2-7H,8H2,1H3,(H,19,20)(H,21,22). The number of benzene rings is 2. The molecule has 120 valence electrons. The molecule has 0 atom stereocenters. The number of thioether (sulfide) groups is 1. The molecule has 0 amide bonds. The Morgan fingerprint density at radius 3 is 2.75 bits per heavy atom. The molecule has 2 aromatic carbocycles. The van der Waals surface area contributed by atoms with E-state index in [0.717, 1.165) is 31.8 Å². The van der Waals surface area contributed by atoms with E-state index in [0.29, 0.717) is 16.7 Å². The van der Waals surface area contributed by atoms with Gasteiger partial charge >= 0.3 is 5.97 Å². The van der Waals surface area contributed by atoms with Crippen molar-refractivity contribution in [3.8, 4) is 0 Å². The maximum atomic E-state index is 12.4. The topological polar surface area (TPSA) is 70.2 Å². The summed E-state index contributed by atoms with van der Waals surface area (Å²) in [6, 6.07) is 11.2. The second-order valence-electron chi connectivity index (χ2n) is 5.53. The minimum absolute atomic E-state index is 0.0752. The maximum absolute atomic E-state index is 12.4. The molecule has 0 aliphatic carbocycles. The van der Waals surface area contributed by atoms with E-state index in [1.807, 2.05) is 24.5 Å². The van der Waals surface area contributed by atoms with Crippen molar-refractivity contribution in [1.82, 2.24) is 4.98 Å². The molecule has 0 unspecified atom stereocenters. The van der Waals surface area contributed by atoms with Crippen molar-refractivity contribution in [3.05, 3.63) is 57.9 Å². The number of carboxylic acid groups (broad SMARTS) is 1. The van der Waals surface area contributed by atoms with Crippen LogP contribution in [0.5, 0.6) is 0 Å². The SMILES string of the molecule is CSCc1c2[nH]c(C(=O)O)cc(=O)c2cc2sc3ccccc3c12. The fourth-order valence-electron chi connectivity index (χ4n) is 3.09. The third-order valence-electron chi connectivity index (χ3n) is 4.09. The number of carbonyl (C=O) groups is 1. The first-order valence-corrected chi connectivity index (χ1v) is 9.53. The minimum Gasteiger partial charge on any atom is -0.477 e. The van der Waals surface area contributed by atoms with Gasteiger partial charge in [0.1, 0.15) is 5.69 Å². The highest BCUT2D eigenvalue weighted by Crippen LogP contribution is 2.39. The summed E-state index contributed by atoms with van der Waals surface area (Å²) in [6.45, 7) is 0. The molecule has 4 aromatic rings. The zero-order valence-corrected chi connectivity index (χ0v) is 14.4. The number of fused-ring (bicyclic) bond motifs is 4. The van der Waals surface area contributed by atoms with Gasteiger partial charge in [-0.15, -0.1) is 11.3 Å². The number of hydrogen-bond donors (Lipinski definition) is 2. The van der Waals surface area contributed by atoms with Crippen molar-refractivity contribution in [3.63, 3.8) is 0 Å². The molecule has 0 fully saturated rings. The Morgan fingerprint density at radius 2 is 2.00 bits per heavy atom. The lowest BCUT2D eigenvalue weighted by Gasteiger charge is -2.09. The van der Waals surface area contributed by atoms with Gasteiger partial charge < -0.3 is 10.1 Å². The number of aromatic carboxylic acids is 1. The van der Waals surface area contributed by atoms with E-state index in [9.17, 15) is 14.7 Å². The Bertz CT molecular complexity index is 1170. The molecule has 4 nitrogen and oxygen atoms in total. The highest BCUT2D eigenvalue weighted by Gasteiger charge is 2.17. The van der Waals surface area contributed by atoms with Crippen LogP contribution >= 0.6 is 23.1 Å². The molecule has 2 N–H and O–H groups in total. The summed E-state index contributed by atoms with van der Waals surface area (Å²) in [5.41, 5.74) is 1.29. The Kier molecular flexibility index (Phi) is 3.58. The van der Waals surface area contributed by atoms with Crippen LogP contribution in [0.25, 0.3) is 31.1 Å². The lowest BCUT2D eigenvalue weighted by molar-refractivity contribution is 0.0691. The van der Waals surface area contributed by atoms with Crippen LogP contribution in [0.1, 0.15) is 16.1 Å². The Balaban J connectivity index is 2.26. The lowest BCUT2D eigenvalue weighted by atomic mass is 10.0. The van der Waals surface area contributed by atoms with Crippen molar-refractivity contribution in [2.24, 2.45) is 0 Å². The molecule has 0 saturated carbocycles. The van der Waals surface area contributed by atoms with Gasteiger partial charge in [-0.25, -0.2) is 4.79 Å². The number of carboxylic acids is 1. The number of nitrogens with one attached hydrogen (secondary N) is 1. The van der Waals surface area contributed by atoms with E-state index < -0.39 is 5.97 Å². The summed E-state index contributed by atoms with van der Waals surface area (Å²) in [7, 11) is 0. The van der Waals surface area contributed by atoms with E-state index in [4.69, 9.17) is 0 Å². The maximum Gasteiger partial charge on any atom is 0.352 e. The molecule has 0 aliphatic heterocycles. The third kappa shape index (κ3) is 2.22. The highest BCUT2D eigenvalue weighted by atomic mass is 32.2. The van der Waals surface area contributed by atoms with Gasteiger partial charge in [0.25, 0.3) is 0 Å². The fraction of sp³-hybridized carbons (Fsp3) is 0.111. The van der Waals surface area contributed by atoms with Gasteiger partial charge in [0.2, 0.25) is 0 Å². The second kappa shape index (κ2) is 5.65. The molecular formula is C18H13NO3S2. The molecule has 2 aromatic heterocycles. The molecule has 0 spiro atoms. The molecular weight excluding hydrogens is 342 g/mol. The molecule has 0 saturated heterocycles. The summed E-state index contributed by atoms with van der Waals surface area (Å²) in [5, 5.41) is 12.1. The number of aromatic amines is 1. The van der Waals surface area contributed by atoms with Crippen molar-refractivity contribution < 1.29 is 9.90 Å². The van der Waals surface area contributed by atoms with Crippen molar-refractivity contribution in [2.45, 2.75) is 5.75 Å². The largest absolute Gasteiger partial charge is 0.477 e. The van der Waals surface area contributed by atoms with Crippen LogP contribution in [0.4, 0.5) is 0 Å². The van der Waals surface area contributed by atoms with Crippen LogP contribution < -0.4 is 5.43 Å². The van der Waals surface area contributed by atoms with Crippen LogP contribution in [0, 0.1) is 0 Å². The van der Waals surface area contributed by atoms with E-state index >= 15 is 0 Å². The molecule has 0 aliphatic rings. The van der Waals surface area contributed by atoms with Crippen LogP contribution in [0.2, 0.25) is 0 Å². The van der Waals surface area contributed by atoms with Gasteiger partial charge in [0.15, 0.2) is 5.43 Å². The first-order valence-electron chi connectivity index (χ1n) is 7.32. The van der Waals surface area contributed by atoms with Crippen LogP contribution in [-0.4, -0.2) is 22.3 Å². The van der Waals surface area contributed by atoms with Gasteiger partial charge in [0.05, 0.1) is 5.52 Å². The van der Waals surface area contributed by atoms with Crippen LogP contribution in [0.3, 0.4) is 0 Å². The summed E-state index contributed by atoms with van der Waals surface area (Å²) in [6.07, 6.45) is 2.00. The zero-order chi connectivity index (χ0) is 16.8. The van der Waals surface area contributed by atoms with Crippen molar-refractivity contribution >= 4 is 60.1 Å². The van der Waals surface area contributed by atoms with E-state index in [-0.39, 0.29) is 11.1 Å². The summed E-state index contributed by atoms with van der Waals surface area (Å²) in [5.74, 6) is -0.424. The molecule has 24 heavy (non-hydrogen) atoms. The Labute approximate surface area is 145 Å². The predicted molar refractivity (Wildman–Crippen MR) is 102 cm³/mol. The average molecular weight is 355 g/mol. The summed E-state index contributed by atoms with van der Waals surface area (Å²) in [4.78, 5) is 26.7. The van der Waals surface area contributed by atoms with Gasteiger partial charge in [-0.3, -0.25) is 4.79 Å². The van der Waals surface area contributed by atoms with E-state index in [1.165, 1.54) is 0 Å². The number of hydrogen-bond acceptors (Lipinski definition) is 4. The van der Waals surface area contributed by atoms with Crippen LogP contribution in [-0.2, 0) is 5.75 Å². The second-order valence-corrected chi connectivity index (χ2v) is 7.48. The lowest BCUT2D eigenvalue weighted by Crippen LogP contribution is -2.10. The van der Waals surface area contributed by atoms with E-state index in [1.54, 1.807) is 23.1 Å². The first kappa shape index (κ1) is 15.2. The Morgan fingerprint density at radius 1 is 1.21 bits per heavy atom. The average Bonchev–Trinajstić information content (AvgIpc) is 2.93. The zero-order valence-electron chi connectivity index (χ0n) is 12.8.